The summed E-state index contributed by atoms with van der Waals surface area (Å²) in [5.74, 6) is 0. The summed E-state index contributed by atoms with van der Waals surface area (Å²) in [6.45, 7) is 5.78. The van der Waals surface area contributed by atoms with Crippen LogP contribution in [0.1, 0.15) is 55.6 Å². The Balaban J connectivity index is 2.22. The van der Waals surface area contributed by atoms with Crippen LogP contribution in [-0.2, 0) is 4.74 Å². The summed E-state index contributed by atoms with van der Waals surface area (Å²) in [5.41, 5.74) is 7.08. The number of ether oxygens (including phenoxy) is 1. The monoisotopic (exact) mass is 255 g/mol. The summed E-state index contributed by atoms with van der Waals surface area (Å²) in [6, 6.07) is 2.13. The number of aryl methyl sites for hydroxylation is 1. The fourth-order valence-corrected chi connectivity index (χ4v) is 2.89. The van der Waals surface area contributed by atoms with Crippen LogP contribution in [0.2, 0.25) is 0 Å². The maximum atomic E-state index is 5.88. The maximum absolute atomic E-state index is 5.88. The number of rotatable bonds is 9. The van der Waals surface area contributed by atoms with E-state index in [1.807, 2.05) is 0 Å². The van der Waals surface area contributed by atoms with Gasteiger partial charge in [0.2, 0.25) is 0 Å². The molecule has 1 unspecified atom stereocenters. The molecule has 1 aromatic rings. The van der Waals surface area contributed by atoms with E-state index >= 15 is 0 Å². The molecule has 0 aliphatic rings. The van der Waals surface area contributed by atoms with Crippen molar-refractivity contribution in [3.05, 3.63) is 21.9 Å². The van der Waals surface area contributed by atoms with Crippen molar-refractivity contribution in [3.63, 3.8) is 0 Å². The maximum Gasteiger partial charge on any atom is 0.104 e. The highest BCUT2D eigenvalue weighted by Gasteiger charge is 2.13. The molecule has 1 atom stereocenters. The molecule has 0 radical (unpaired) electrons. The Hall–Kier alpha value is -0.380. The summed E-state index contributed by atoms with van der Waals surface area (Å²) >= 11 is 1.75. The molecule has 0 saturated heterocycles. The number of nitrogens with two attached hydrogens (primary N) is 1. The molecule has 0 saturated carbocycles. The number of thiophene rings is 1. The van der Waals surface area contributed by atoms with Crippen molar-refractivity contribution in [1.29, 1.82) is 0 Å². The lowest BCUT2D eigenvalue weighted by molar-refractivity contribution is 0.0577. The van der Waals surface area contributed by atoms with E-state index in [0.29, 0.717) is 6.54 Å². The Morgan fingerprint density at radius 2 is 2.06 bits per heavy atom. The van der Waals surface area contributed by atoms with E-state index in [1.165, 1.54) is 36.1 Å². The fraction of sp³-hybridized carbons (Fsp3) is 0.714. The summed E-state index contributed by atoms with van der Waals surface area (Å²) < 4.78 is 5.88. The van der Waals surface area contributed by atoms with Gasteiger partial charge in [0, 0.05) is 18.0 Å². The molecule has 1 heterocycles. The Morgan fingerprint density at radius 1 is 1.29 bits per heavy atom. The van der Waals surface area contributed by atoms with Crippen molar-refractivity contribution in [2.24, 2.45) is 5.73 Å². The van der Waals surface area contributed by atoms with Gasteiger partial charge in [-0.25, -0.2) is 0 Å². The van der Waals surface area contributed by atoms with E-state index in [4.69, 9.17) is 10.5 Å². The van der Waals surface area contributed by atoms with Gasteiger partial charge in [-0.3, -0.25) is 0 Å². The van der Waals surface area contributed by atoms with Crippen molar-refractivity contribution < 1.29 is 4.74 Å². The minimum Gasteiger partial charge on any atom is -0.371 e. The van der Waals surface area contributed by atoms with Gasteiger partial charge in [-0.15, -0.1) is 11.3 Å². The van der Waals surface area contributed by atoms with Crippen molar-refractivity contribution in [3.8, 4) is 0 Å². The van der Waals surface area contributed by atoms with Gasteiger partial charge in [-0.1, -0.05) is 32.6 Å². The van der Waals surface area contributed by atoms with E-state index in [9.17, 15) is 0 Å². The van der Waals surface area contributed by atoms with Crippen LogP contribution in [0.4, 0.5) is 0 Å². The summed E-state index contributed by atoms with van der Waals surface area (Å²) in [7, 11) is 0. The van der Waals surface area contributed by atoms with Crippen LogP contribution >= 0.6 is 11.3 Å². The minimum atomic E-state index is 0.0983. The van der Waals surface area contributed by atoms with Crippen molar-refractivity contribution >= 4 is 11.3 Å². The summed E-state index contributed by atoms with van der Waals surface area (Å²) in [5, 5.41) is 2.11. The summed E-state index contributed by atoms with van der Waals surface area (Å²) in [6.07, 6.45) is 6.48. The highest BCUT2D eigenvalue weighted by Crippen LogP contribution is 2.26. The van der Waals surface area contributed by atoms with Gasteiger partial charge in [-0.2, -0.15) is 0 Å². The van der Waals surface area contributed by atoms with Crippen LogP contribution < -0.4 is 5.73 Å². The average Bonchev–Trinajstić information content (AvgIpc) is 2.75. The van der Waals surface area contributed by atoms with E-state index < -0.39 is 0 Å². The van der Waals surface area contributed by atoms with Gasteiger partial charge in [0.25, 0.3) is 0 Å². The zero-order valence-corrected chi connectivity index (χ0v) is 11.9. The predicted molar refractivity (Wildman–Crippen MR) is 75.6 cm³/mol. The molecule has 0 aliphatic carbocycles. The standard InChI is InChI=1S/C14H25NOS/c1-3-4-5-6-7-9-16-13(11-15)14-12(2)8-10-17-14/h8,10,13H,3-7,9,11,15H2,1-2H3. The quantitative estimate of drug-likeness (QED) is 0.676. The lowest BCUT2D eigenvalue weighted by Crippen LogP contribution is -2.16. The molecule has 1 aromatic heterocycles. The highest BCUT2D eigenvalue weighted by molar-refractivity contribution is 7.10. The van der Waals surface area contributed by atoms with Gasteiger partial charge in [0.1, 0.15) is 6.10 Å². The molecule has 0 aromatic carbocycles. The first-order valence-electron chi connectivity index (χ1n) is 6.65. The minimum absolute atomic E-state index is 0.0983. The van der Waals surface area contributed by atoms with Crippen LogP contribution in [0.3, 0.4) is 0 Å². The molecule has 2 nitrogen and oxygen atoms in total. The topological polar surface area (TPSA) is 35.2 Å². The molecule has 0 amide bonds. The van der Waals surface area contributed by atoms with Gasteiger partial charge in [0.15, 0.2) is 0 Å². The zero-order valence-electron chi connectivity index (χ0n) is 11.1. The largest absolute Gasteiger partial charge is 0.371 e. The Bertz CT molecular complexity index is 298. The smallest absolute Gasteiger partial charge is 0.104 e. The molecule has 17 heavy (non-hydrogen) atoms. The van der Waals surface area contributed by atoms with Crippen LogP contribution in [0.15, 0.2) is 11.4 Å². The van der Waals surface area contributed by atoms with Gasteiger partial charge in [0.05, 0.1) is 0 Å². The van der Waals surface area contributed by atoms with Crippen LogP contribution in [-0.4, -0.2) is 13.2 Å². The number of unbranched alkanes of at least 4 members (excludes halogenated alkanes) is 4. The third-order valence-corrected chi connectivity index (χ3v) is 4.09. The van der Waals surface area contributed by atoms with Crippen LogP contribution in [0, 0.1) is 6.92 Å². The molecule has 0 spiro atoms. The SMILES string of the molecule is CCCCCCCOC(CN)c1sccc1C. The number of hydrogen-bond donors (Lipinski definition) is 1. The van der Waals surface area contributed by atoms with Crippen molar-refractivity contribution in [2.45, 2.75) is 52.1 Å². The molecule has 0 fully saturated rings. The van der Waals surface area contributed by atoms with Crippen molar-refractivity contribution in [2.75, 3.05) is 13.2 Å². The first-order valence-corrected chi connectivity index (χ1v) is 7.53. The van der Waals surface area contributed by atoms with E-state index in [0.717, 1.165) is 13.0 Å². The second-order valence-electron chi connectivity index (χ2n) is 4.48. The molecular formula is C14H25NOS. The Morgan fingerprint density at radius 3 is 2.65 bits per heavy atom. The van der Waals surface area contributed by atoms with E-state index in [2.05, 4.69) is 25.3 Å². The molecular weight excluding hydrogens is 230 g/mol. The summed E-state index contributed by atoms with van der Waals surface area (Å²) in [4.78, 5) is 1.29. The Labute approximate surface area is 109 Å². The van der Waals surface area contributed by atoms with Gasteiger partial charge >= 0.3 is 0 Å². The van der Waals surface area contributed by atoms with Crippen LogP contribution in [0.25, 0.3) is 0 Å². The third-order valence-electron chi connectivity index (χ3n) is 2.98. The molecule has 0 bridgehead atoms. The van der Waals surface area contributed by atoms with E-state index in [1.54, 1.807) is 11.3 Å². The average molecular weight is 255 g/mol. The molecule has 2 N–H and O–H groups in total. The molecule has 1 rings (SSSR count). The van der Waals surface area contributed by atoms with Gasteiger partial charge < -0.3 is 10.5 Å². The first kappa shape index (κ1) is 14.7. The molecule has 0 aliphatic heterocycles. The molecule has 3 heteroatoms. The lowest BCUT2D eigenvalue weighted by Gasteiger charge is -2.15. The molecule has 98 valence electrons. The normalized spacial score (nSPS) is 12.9. The first-order chi connectivity index (χ1) is 8.29. The second-order valence-corrected chi connectivity index (χ2v) is 5.42. The highest BCUT2D eigenvalue weighted by atomic mass is 32.1. The van der Waals surface area contributed by atoms with E-state index in [-0.39, 0.29) is 6.10 Å². The zero-order chi connectivity index (χ0) is 12.5. The predicted octanol–water partition coefficient (Wildman–Crippen LogP) is 4.04. The van der Waals surface area contributed by atoms with Gasteiger partial charge in [-0.05, 0) is 30.4 Å². The van der Waals surface area contributed by atoms with Crippen molar-refractivity contribution in [1.82, 2.24) is 0 Å². The second kappa shape index (κ2) is 8.67. The third kappa shape index (κ3) is 5.19. The van der Waals surface area contributed by atoms with Crippen LogP contribution in [0.5, 0.6) is 0 Å². The fourth-order valence-electron chi connectivity index (χ4n) is 1.90. The Kier molecular flexibility index (Phi) is 7.49. The lowest BCUT2D eigenvalue weighted by atomic mass is 10.1. The number of hydrogen-bond acceptors (Lipinski definition) is 3.